The molecule has 100 valence electrons. The van der Waals surface area contributed by atoms with E-state index < -0.39 is 0 Å². The van der Waals surface area contributed by atoms with E-state index in [2.05, 4.69) is 9.97 Å². The molecular formula is C15H11ClN2O2. The van der Waals surface area contributed by atoms with E-state index >= 15 is 0 Å². The number of hydrogen-bond acceptors (Lipinski definition) is 4. The summed E-state index contributed by atoms with van der Waals surface area (Å²) < 4.78 is 10.9. The van der Waals surface area contributed by atoms with Crippen LogP contribution in [0, 0.1) is 0 Å². The topological polar surface area (TPSA) is 48.2 Å². The minimum Gasteiger partial charge on any atom is -0.497 e. The third kappa shape index (κ3) is 2.51. The average Bonchev–Trinajstić information content (AvgIpc) is 2.97. The molecule has 0 fully saturated rings. The first-order chi connectivity index (χ1) is 9.76. The molecule has 1 aromatic carbocycles. The molecule has 0 radical (unpaired) electrons. The van der Waals surface area contributed by atoms with Gasteiger partial charge in [0.15, 0.2) is 5.76 Å². The predicted octanol–water partition coefficient (Wildman–Crippen LogP) is 4.07. The Labute approximate surface area is 121 Å². The highest BCUT2D eigenvalue weighted by molar-refractivity contribution is 6.29. The minimum atomic E-state index is 0.409. The maximum Gasteiger partial charge on any atom is 0.226 e. The summed E-state index contributed by atoms with van der Waals surface area (Å²) in [5, 5.41) is 0.409. The average molecular weight is 287 g/mol. The minimum absolute atomic E-state index is 0.409. The van der Waals surface area contributed by atoms with E-state index in [0.717, 1.165) is 16.9 Å². The molecule has 2 heterocycles. The quantitative estimate of drug-likeness (QED) is 0.681. The normalized spacial score (nSPS) is 10.5. The van der Waals surface area contributed by atoms with Gasteiger partial charge < -0.3 is 9.15 Å². The van der Waals surface area contributed by atoms with Gasteiger partial charge in [-0.05, 0) is 36.4 Å². The number of ether oxygens (including phenoxy) is 1. The Kier molecular flexibility index (Phi) is 3.39. The number of nitrogens with zero attached hydrogens (tertiary/aromatic N) is 2. The molecule has 0 unspecified atom stereocenters. The summed E-state index contributed by atoms with van der Waals surface area (Å²) in [4.78, 5) is 8.19. The van der Waals surface area contributed by atoms with E-state index in [1.807, 2.05) is 24.3 Å². The fourth-order valence-electron chi connectivity index (χ4n) is 1.83. The molecule has 2 aromatic heterocycles. The van der Waals surface area contributed by atoms with Crippen molar-refractivity contribution in [2.24, 2.45) is 0 Å². The third-order valence-electron chi connectivity index (χ3n) is 2.85. The number of benzene rings is 1. The van der Waals surface area contributed by atoms with Crippen LogP contribution in [0.2, 0.25) is 5.15 Å². The van der Waals surface area contributed by atoms with E-state index in [0.29, 0.717) is 16.8 Å². The molecule has 3 rings (SSSR count). The molecule has 0 amide bonds. The van der Waals surface area contributed by atoms with Crippen molar-refractivity contribution in [1.82, 2.24) is 9.97 Å². The SMILES string of the molecule is COc1ccc(-c2cnc(-c3ccnc(Cl)c3)o2)cc1. The molecule has 5 heteroatoms. The molecule has 0 aliphatic rings. The Balaban J connectivity index is 1.93. The van der Waals surface area contributed by atoms with Crippen molar-refractivity contribution in [2.75, 3.05) is 7.11 Å². The lowest BCUT2D eigenvalue weighted by Crippen LogP contribution is -1.81. The zero-order chi connectivity index (χ0) is 13.9. The molecule has 0 aliphatic carbocycles. The van der Waals surface area contributed by atoms with Crippen LogP contribution in [0.3, 0.4) is 0 Å². The lowest BCUT2D eigenvalue weighted by molar-refractivity contribution is 0.415. The van der Waals surface area contributed by atoms with E-state index in [4.69, 9.17) is 20.8 Å². The fourth-order valence-corrected chi connectivity index (χ4v) is 2.01. The van der Waals surface area contributed by atoms with Crippen molar-refractivity contribution in [2.45, 2.75) is 0 Å². The molecule has 0 N–H and O–H groups in total. The van der Waals surface area contributed by atoms with Gasteiger partial charge in [0.2, 0.25) is 5.89 Å². The fraction of sp³-hybridized carbons (Fsp3) is 0.0667. The van der Waals surface area contributed by atoms with E-state index in [9.17, 15) is 0 Å². The van der Waals surface area contributed by atoms with Gasteiger partial charge in [-0.1, -0.05) is 11.6 Å². The van der Waals surface area contributed by atoms with Crippen LogP contribution in [0.25, 0.3) is 22.8 Å². The van der Waals surface area contributed by atoms with Crippen LogP contribution in [0.15, 0.2) is 53.2 Å². The van der Waals surface area contributed by atoms with Crippen molar-refractivity contribution in [3.63, 3.8) is 0 Å². The van der Waals surface area contributed by atoms with Crippen LogP contribution in [-0.4, -0.2) is 17.1 Å². The van der Waals surface area contributed by atoms with Gasteiger partial charge in [-0.2, -0.15) is 0 Å². The van der Waals surface area contributed by atoms with Gasteiger partial charge in [-0.25, -0.2) is 9.97 Å². The molecule has 0 bridgehead atoms. The van der Waals surface area contributed by atoms with Gasteiger partial charge in [0.05, 0.1) is 13.3 Å². The van der Waals surface area contributed by atoms with Crippen LogP contribution < -0.4 is 4.74 Å². The first kappa shape index (κ1) is 12.7. The molecular weight excluding hydrogens is 276 g/mol. The third-order valence-corrected chi connectivity index (χ3v) is 3.06. The summed E-state index contributed by atoms with van der Waals surface area (Å²) >= 11 is 5.86. The van der Waals surface area contributed by atoms with Crippen LogP contribution in [0.1, 0.15) is 0 Å². The van der Waals surface area contributed by atoms with E-state index in [1.54, 1.807) is 31.6 Å². The lowest BCUT2D eigenvalue weighted by atomic mass is 10.2. The molecule has 3 aromatic rings. The van der Waals surface area contributed by atoms with Gasteiger partial charge in [-0.15, -0.1) is 0 Å². The molecule has 0 spiro atoms. The molecule has 0 saturated heterocycles. The van der Waals surface area contributed by atoms with Crippen molar-refractivity contribution in [3.8, 4) is 28.5 Å². The standard InChI is InChI=1S/C15H11ClN2O2/c1-19-12-4-2-10(3-5-12)13-9-18-15(20-13)11-6-7-17-14(16)8-11/h2-9H,1H3. The number of aromatic nitrogens is 2. The maximum absolute atomic E-state index is 5.86. The maximum atomic E-state index is 5.86. The van der Waals surface area contributed by atoms with Gasteiger partial charge in [0.1, 0.15) is 10.9 Å². The first-order valence-corrected chi connectivity index (χ1v) is 6.36. The van der Waals surface area contributed by atoms with Crippen molar-refractivity contribution < 1.29 is 9.15 Å². The van der Waals surface area contributed by atoms with Gasteiger partial charge in [0, 0.05) is 17.3 Å². The zero-order valence-electron chi connectivity index (χ0n) is 10.7. The molecule has 0 aliphatic heterocycles. The van der Waals surface area contributed by atoms with Crippen LogP contribution >= 0.6 is 11.6 Å². The number of pyridine rings is 1. The summed E-state index contributed by atoms with van der Waals surface area (Å²) in [6.45, 7) is 0. The summed E-state index contributed by atoms with van der Waals surface area (Å²) in [5.41, 5.74) is 1.73. The Hall–Kier alpha value is -2.33. The van der Waals surface area contributed by atoms with Gasteiger partial charge in [-0.3, -0.25) is 0 Å². The van der Waals surface area contributed by atoms with Crippen molar-refractivity contribution >= 4 is 11.6 Å². The summed E-state index contributed by atoms with van der Waals surface area (Å²) in [5.74, 6) is 2.00. The molecule has 0 saturated carbocycles. The highest BCUT2D eigenvalue weighted by Gasteiger charge is 2.09. The van der Waals surface area contributed by atoms with Crippen molar-refractivity contribution in [3.05, 3.63) is 53.9 Å². The van der Waals surface area contributed by atoms with E-state index in [1.165, 1.54) is 0 Å². The summed E-state index contributed by atoms with van der Waals surface area (Å²) in [6.07, 6.45) is 3.31. The van der Waals surface area contributed by atoms with Gasteiger partial charge in [0.25, 0.3) is 0 Å². The second-order valence-corrected chi connectivity index (χ2v) is 4.51. The Morgan fingerprint density at radius 3 is 2.55 bits per heavy atom. The second-order valence-electron chi connectivity index (χ2n) is 4.13. The first-order valence-electron chi connectivity index (χ1n) is 5.98. The molecule has 0 atom stereocenters. The molecule has 20 heavy (non-hydrogen) atoms. The number of oxazole rings is 1. The van der Waals surface area contributed by atoms with Crippen molar-refractivity contribution in [1.29, 1.82) is 0 Å². The monoisotopic (exact) mass is 286 g/mol. The second kappa shape index (κ2) is 5.35. The van der Waals surface area contributed by atoms with Crippen LogP contribution in [0.4, 0.5) is 0 Å². The van der Waals surface area contributed by atoms with Gasteiger partial charge >= 0.3 is 0 Å². The number of methoxy groups -OCH3 is 1. The Morgan fingerprint density at radius 1 is 1.05 bits per heavy atom. The highest BCUT2D eigenvalue weighted by atomic mass is 35.5. The highest BCUT2D eigenvalue weighted by Crippen LogP contribution is 2.27. The Morgan fingerprint density at radius 2 is 1.85 bits per heavy atom. The number of hydrogen-bond donors (Lipinski definition) is 0. The lowest BCUT2D eigenvalue weighted by Gasteiger charge is -2.00. The number of halogens is 1. The number of rotatable bonds is 3. The van der Waals surface area contributed by atoms with Crippen LogP contribution in [-0.2, 0) is 0 Å². The Bertz CT molecular complexity index is 723. The molecule has 4 nitrogen and oxygen atoms in total. The summed E-state index contributed by atoms with van der Waals surface area (Å²) in [7, 11) is 1.63. The predicted molar refractivity (Wildman–Crippen MR) is 76.7 cm³/mol. The zero-order valence-corrected chi connectivity index (χ0v) is 11.5. The smallest absolute Gasteiger partial charge is 0.226 e. The van der Waals surface area contributed by atoms with E-state index in [-0.39, 0.29) is 0 Å². The summed E-state index contributed by atoms with van der Waals surface area (Å²) in [6, 6.07) is 11.1. The largest absolute Gasteiger partial charge is 0.497 e. The van der Waals surface area contributed by atoms with Crippen LogP contribution in [0.5, 0.6) is 5.75 Å².